The van der Waals surface area contributed by atoms with E-state index in [-0.39, 0.29) is 19.4 Å². The summed E-state index contributed by atoms with van der Waals surface area (Å²) in [6.45, 7) is 1.73. The molecule has 0 aliphatic carbocycles. The average Bonchev–Trinajstić information content (AvgIpc) is 2.49. The number of aryl methyl sites for hydroxylation is 1. The molecule has 4 N–H and O–H groups in total. The van der Waals surface area contributed by atoms with Crippen LogP contribution in [0.3, 0.4) is 0 Å². The highest BCUT2D eigenvalue weighted by atomic mass is 16.5. The van der Waals surface area contributed by atoms with E-state index in [1.807, 2.05) is 19.1 Å². The number of primary amides is 1. The number of nitrogens with two attached hydrogens (primary N) is 1. The van der Waals surface area contributed by atoms with Crippen molar-refractivity contribution in [1.29, 1.82) is 0 Å². The lowest BCUT2D eigenvalue weighted by atomic mass is 10.1. The van der Waals surface area contributed by atoms with Gasteiger partial charge in [0, 0.05) is 6.42 Å². The number of amides is 2. The predicted molar refractivity (Wildman–Crippen MR) is 79.3 cm³/mol. The molecule has 0 aliphatic heterocycles. The van der Waals surface area contributed by atoms with Crippen LogP contribution in [0.25, 0.3) is 0 Å². The average molecular weight is 308 g/mol. The Hall–Kier alpha value is -2.57. The number of benzene rings is 1. The first-order valence-electron chi connectivity index (χ1n) is 6.94. The van der Waals surface area contributed by atoms with Crippen molar-refractivity contribution < 1.29 is 24.2 Å². The first-order valence-corrected chi connectivity index (χ1v) is 6.94. The zero-order valence-corrected chi connectivity index (χ0v) is 12.4. The third kappa shape index (κ3) is 6.25. The van der Waals surface area contributed by atoms with E-state index in [4.69, 9.17) is 15.6 Å². The van der Waals surface area contributed by atoms with Crippen molar-refractivity contribution in [2.45, 2.75) is 32.2 Å². The lowest BCUT2D eigenvalue weighted by Gasteiger charge is -2.14. The Kier molecular flexibility index (Phi) is 6.88. The van der Waals surface area contributed by atoms with Crippen LogP contribution in [0, 0.1) is 0 Å². The minimum Gasteiger partial charge on any atom is -0.484 e. The van der Waals surface area contributed by atoms with E-state index in [1.165, 1.54) is 0 Å². The monoisotopic (exact) mass is 308 g/mol. The van der Waals surface area contributed by atoms with Gasteiger partial charge in [0.1, 0.15) is 11.8 Å². The van der Waals surface area contributed by atoms with Crippen molar-refractivity contribution in [3.63, 3.8) is 0 Å². The third-order valence-corrected chi connectivity index (χ3v) is 3.01. The summed E-state index contributed by atoms with van der Waals surface area (Å²) in [6, 6.07) is 6.10. The summed E-state index contributed by atoms with van der Waals surface area (Å²) in [5, 5.41) is 11.3. The molecule has 1 atom stereocenters. The van der Waals surface area contributed by atoms with Crippen LogP contribution in [0.2, 0.25) is 0 Å². The first kappa shape index (κ1) is 17.5. The maximum atomic E-state index is 11.7. The molecular formula is C15H20N2O5. The van der Waals surface area contributed by atoms with E-state index in [2.05, 4.69) is 5.32 Å². The van der Waals surface area contributed by atoms with Gasteiger partial charge in [0.25, 0.3) is 5.91 Å². The molecule has 0 fully saturated rings. The standard InChI is InChI=1S/C15H20N2O5/c1-2-10-3-5-11(6-4-10)22-9-14(19)17-12(15(20)21)7-8-13(16)18/h3-6,12H,2,7-9H2,1H3,(H2,16,18)(H,17,19)(H,20,21). The maximum Gasteiger partial charge on any atom is 0.326 e. The van der Waals surface area contributed by atoms with Crippen molar-refractivity contribution in [3.05, 3.63) is 29.8 Å². The topological polar surface area (TPSA) is 119 Å². The molecule has 0 saturated carbocycles. The highest BCUT2D eigenvalue weighted by molar-refractivity contribution is 5.85. The molecular weight excluding hydrogens is 288 g/mol. The molecule has 0 heterocycles. The summed E-state index contributed by atoms with van der Waals surface area (Å²) in [4.78, 5) is 33.3. The number of nitrogens with one attached hydrogen (secondary N) is 1. The second kappa shape index (κ2) is 8.66. The minimum atomic E-state index is -1.22. The lowest BCUT2D eigenvalue weighted by molar-refractivity contribution is -0.142. The molecule has 0 spiro atoms. The molecule has 1 aromatic carbocycles. The van der Waals surface area contributed by atoms with Crippen molar-refractivity contribution in [3.8, 4) is 5.75 Å². The van der Waals surface area contributed by atoms with Gasteiger partial charge in [-0.15, -0.1) is 0 Å². The molecule has 120 valence electrons. The zero-order chi connectivity index (χ0) is 16.5. The van der Waals surface area contributed by atoms with Crippen LogP contribution in [-0.4, -0.2) is 35.5 Å². The van der Waals surface area contributed by atoms with Crippen molar-refractivity contribution in [2.75, 3.05) is 6.61 Å². The van der Waals surface area contributed by atoms with E-state index in [0.29, 0.717) is 5.75 Å². The zero-order valence-electron chi connectivity index (χ0n) is 12.4. The molecule has 1 unspecified atom stereocenters. The van der Waals surface area contributed by atoms with Crippen LogP contribution in [0.1, 0.15) is 25.3 Å². The fourth-order valence-electron chi connectivity index (χ4n) is 1.75. The van der Waals surface area contributed by atoms with Crippen LogP contribution in [0.5, 0.6) is 5.75 Å². The number of carboxylic acids is 1. The van der Waals surface area contributed by atoms with Gasteiger partial charge in [-0.1, -0.05) is 19.1 Å². The number of hydrogen-bond acceptors (Lipinski definition) is 4. The molecule has 0 radical (unpaired) electrons. The summed E-state index contributed by atoms with van der Waals surface area (Å²) < 4.78 is 5.28. The molecule has 0 aromatic heterocycles. The van der Waals surface area contributed by atoms with Crippen molar-refractivity contribution in [1.82, 2.24) is 5.32 Å². The van der Waals surface area contributed by atoms with E-state index in [9.17, 15) is 14.4 Å². The lowest BCUT2D eigenvalue weighted by Crippen LogP contribution is -2.43. The van der Waals surface area contributed by atoms with Gasteiger partial charge in [0.05, 0.1) is 0 Å². The Morgan fingerprint density at radius 3 is 2.41 bits per heavy atom. The highest BCUT2D eigenvalue weighted by Crippen LogP contribution is 2.12. The van der Waals surface area contributed by atoms with Gasteiger partial charge in [0.2, 0.25) is 5.91 Å². The molecule has 1 rings (SSSR count). The smallest absolute Gasteiger partial charge is 0.326 e. The molecule has 22 heavy (non-hydrogen) atoms. The van der Waals surface area contributed by atoms with Gasteiger partial charge in [-0.25, -0.2) is 4.79 Å². The number of ether oxygens (including phenoxy) is 1. The van der Waals surface area contributed by atoms with Gasteiger partial charge in [-0.2, -0.15) is 0 Å². The van der Waals surface area contributed by atoms with Gasteiger partial charge >= 0.3 is 5.97 Å². The molecule has 0 bridgehead atoms. The summed E-state index contributed by atoms with van der Waals surface area (Å²) in [7, 11) is 0. The number of carbonyl (C=O) groups is 3. The van der Waals surface area contributed by atoms with Crippen LogP contribution in [0.15, 0.2) is 24.3 Å². The number of hydrogen-bond donors (Lipinski definition) is 3. The van der Waals surface area contributed by atoms with Gasteiger partial charge in [-0.05, 0) is 30.5 Å². The van der Waals surface area contributed by atoms with E-state index < -0.39 is 23.8 Å². The van der Waals surface area contributed by atoms with Crippen LogP contribution < -0.4 is 15.8 Å². The van der Waals surface area contributed by atoms with Crippen molar-refractivity contribution >= 4 is 17.8 Å². The second-order valence-corrected chi connectivity index (χ2v) is 4.75. The van der Waals surface area contributed by atoms with Gasteiger partial charge in [0.15, 0.2) is 6.61 Å². The fourth-order valence-corrected chi connectivity index (χ4v) is 1.75. The van der Waals surface area contributed by atoms with Crippen LogP contribution >= 0.6 is 0 Å². The number of aliphatic carboxylic acids is 1. The minimum absolute atomic E-state index is 0.0540. The fraction of sp³-hybridized carbons (Fsp3) is 0.400. The van der Waals surface area contributed by atoms with Crippen LogP contribution in [-0.2, 0) is 20.8 Å². The van der Waals surface area contributed by atoms with Crippen molar-refractivity contribution in [2.24, 2.45) is 5.73 Å². The largest absolute Gasteiger partial charge is 0.484 e. The van der Waals surface area contributed by atoms with Gasteiger partial charge < -0.3 is 20.9 Å². The Morgan fingerprint density at radius 2 is 1.91 bits per heavy atom. The molecule has 0 saturated heterocycles. The van der Waals surface area contributed by atoms with E-state index in [1.54, 1.807) is 12.1 Å². The Morgan fingerprint density at radius 1 is 1.27 bits per heavy atom. The van der Waals surface area contributed by atoms with Crippen LogP contribution in [0.4, 0.5) is 0 Å². The number of carbonyl (C=O) groups excluding carboxylic acids is 2. The normalized spacial score (nSPS) is 11.5. The Bertz CT molecular complexity index is 527. The predicted octanol–water partition coefficient (Wildman–Crippen LogP) is 0.463. The quantitative estimate of drug-likeness (QED) is 0.612. The van der Waals surface area contributed by atoms with Gasteiger partial charge in [-0.3, -0.25) is 9.59 Å². The number of carboxylic acid groups (broad SMARTS) is 1. The first-order chi connectivity index (χ1) is 10.4. The SMILES string of the molecule is CCc1ccc(OCC(=O)NC(CCC(N)=O)C(=O)O)cc1. The maximum absolute atomic E-state index is 11.7. The molecule has 1 aromatic rings. The van der Waals surface area contributed by atoms with E-state index >= 15 is 0 Å². The molecule has 2 amide bonds. The molecule has 0 aliphatic rings. The summed E-state index contributed by atoms with van der Waals surface area (Å²) in [5.74, 6) is -1.89. The number of rotatable bonds is 9. The summed E-state index contributed by atoms with van der Waals surface area (Å²) in [5.41, 5.74) is 6.11. The Labute approximate surface area is 128 Å². The third-order valence-electron chi connectivity index (χ3n) is 3.01. The second-order valence-electron chi connectivity index (χ2n) is 4.75. The molecule has 7 heteroatoms. The molecule has 7 nitrogen and oxygen atoms in total. The summed E-state index contributed by atoms with van der Waals surface area (Å²) >= 11 is 0. The Balaban J connectivity index is 2.45. The summed E-state index contributed by atoms with van der Waals surface area (Å²) in [6.07, 6.45) is 0.735. The van der Waals surface area contributed by atoms with E-state index in [0.717, 1.165) is 12.0 Å². The highest BCUT2D eigenvalue weighted by Gasteiger charge is 2.20.